The van der Waals surface area contributed by atoms with Gasteiger partial charge in [-0.1, -0.05) is 29.5 Å². The minimum absolute atomic E-state index is 0.0306. The molecule has 1 unspecified atom stereocenters. The minimum atomic E-state index is -3.69. The fourth-order valence-electron chi connectivity index (χ4n) is 2.28. The van der Waals surface area contributed by atoms with Gasteiger partial charge in [0, 0.05) is 18.7 Å². The van der Waals surface area contributed by atoms with Gasteiger partial charge in [-0.2, -0.15) is 0 Å². The van der Waals surface area contributed by atoms with Gasteiger partial charge in [-0.25, -0.2) is 13.1 Å². The Morgan fingerprint density at radius 1 is 1.43 bits per heavy atom. The zero-order valence-corrected chi connectivity index (χ0v) is 12.9. The zero-order chi connectivity index (χ0) is 15.0. The molecule has 0 fully saturated rings. The van der Waals surface area contributed by atoms with Gasteiger partial charge in [-0.05, 0) is 18.6 Å². The first-order valence-electron chi connectivity index (χ1n) is 6.39. The van der Waals surface area contributed by atoms with Crippen molar-refractivity contribution >= 4 is 21.4 Å². The van der Waals surface area contributed by atoms with Crippen LogP contribution in [0.1, 0.15) is 11.3 Å². The molecule has 2 N–H and O–H groups in total. The first kappa shape index (κ1) is 14.3. The van der Waals surface area contributed by atoms with Crippen LogP contribution in [0.3, 0.4) is 0 Å². The summed E-state index contributed by atoms with van der Waals surface area (Å²) in [5.41, 5.74) is 1.43. The van der Waals surface area contributed by atoms with Gasteiger partial charge in [-0.3, -0.25) is 4.79 Å². The molecule has 8 heteroatoms. The van der Waals surface area contributed by atoms with Crippen LogP contribution >= 0.6 is 11.3 Å². The first-order valence-corrected chi connectivity index (χ1v) is 8.69. The number of aryl methyl sites for hydroxylation is 1. The summed E-state index contributed by atoms with van der Waals surface area (Å²) in [6.45, 7) is 1.73. The average Bonchev–Trinajstić information content (AvgIpc) is 2.99. The summed E-state index contributed by atoms with van der Waals surface area (Å²) in [4.78, 5) is 13.3. The molecule has 1 aromatic heterocycles. The van der Waals surface area contributed by atoms with Crippen molar-refractivity contribution in [1.29, 1.82) is 0 Å². The van der Waals surface area contributed by atoms with Gasteiger partial charge in [0.25, 0.3) is 10.0 Å². The molecule has 0 saturated heterocycles. The Bertz CT molecular complexity index is 798. The number of para-hydroxylation sites is 1. The maximum absolute atomic E-state index is 12.2. The van der Waals surface area contributed by atoms with Crippen LogP contribution in [0.25, 0.3) is 0 Å². The Balaban J connectivity index is 1.69. The summed E-state index contributed by atoms with van der Waals surface area (Å²) in [5.74, 6) is 0.796. The molecule has 0 aliphatic carbocycles. The van der Waals surface area contributed by atoms with Crippen molar-refractivity contribution < 1.29 is 13.2 Å². The van der Waals surface area contributed by atoms with Crippen LogP contribution in [0.5, 0.6) is 5.75 Å². The minimum Gasteiger partial charge on any atom is -0.488 e. The first-order chi connectivity index (χ1) is 9.95. The number of thiazole rings is 1. The molecule has 3 rings (SSSR count). The van der Waals surface area contributed by atoms with Crippen molar-refractivity contribution in [3.63, 3.8) is 0 Å². The van der Waals surface area contributed by atoms with Crippen LogP contribution in [0.15, 0.2) is 33.3 Å². The Morgan fingerprint density at radius 3 is 2.86 bits per heavy atom. The van der Waals surface area contributed by atoms with Crippen molar-refractivity contribution in [2.45, 2.75) is 23.7 Å². The Hall–Kier alpha value is -1.64. The number of nitrogens with one attached hydrogen (secondary N) is 2. The highest BCUT2D eigenvalue weighted by Gasteiger charge is 2.26. The van der Waals surface area contributed by atoms with E-state index < -0.39 is 10.0 Å². The summed E-state index contributed by atoms with van der Waals surface area (Å²) < 4.78 is 32.6. The smallest absolute Gasteiger partial charge is 0.305 e. The second-order valence-electron chi connectivity index (χ2n) is 4.83. The number of aromatic amines is 1. The predicted octanol–water partition coefficient (Wildman–Crippen LogP) is 1.03. The topological polar surface area (TPSA) is 88.3 Å². The third-order valence-electron chi connectivity index (χ3n) is 3.24. The summed E-state index contributed by atoms with van der Waals surface area (Å²) >= 11 is 0.689. The van der Waals surface area contributed by atoms with E-state index in [1.54, 1.807) is 6.92 Å². The summed E-state index contributed by atoms with van der Waals surface area (Å²) in [6, 6.07) is 7.64. The molecule has 1 atom stereocenters. The molecule has 6 nitrogen and oxygen atoms in total. The van der Waals surface area contributed by atoms with Gasteiger partial charge < -0.3 is 9.72 Å². The molecule has 1 aliphatic heterocycles. The van der Waals surface area contributed by atoms with E-state index in [0.717, 1.165) is 11.3 Å². The maximum Gasteiger partial charge on any atom is 0.305 e. The molecule has 1 aromatic carbocycles. The lowest BCUT2D eigenvalue weighted by molar-refractivity contribution is 0.236. The molecule has 21 heavy (non-hydrogen) atoms. The van der Waals surface area contributed by atoms with Gasteiger partial charge in [-0.15, -0.1) is 0 Å². The Morgan fingerprint density at radius 2 is 2.19 bits per heavy atom. The molecule has 0 amide bonds. The van der Waals surface area contributed by atoms with Crippen molar-refractivity contribution in [2.24, 2.45) is 0 Å². The van der Waals surface area contributed by atoms with E-state index in [2.05, 4.69) is 9.71 Å². The lowest BCUT2D eigenvalue weighted by atomic mass is 10.1. The number of hydrogen-bond donors (Lipinski definition) is 2. The molecule has 0 bridgehead atoms. The van der Waals surface area contributed by atoms with Crippen LogP contribution in [0.4, 0.5) is 0 Å². The number of benzene rings is 1. The van der Waals surface area contributed by atoms with E-state index in [4.69, 9.17) is 4.74 Å². The monoisotopic (exact) mass is 326 g/mol. The second-order valence-corrected chi connectivity index (χ2v) is 7.78. The fraction of sp³-hybridized carbons (Fsp3) is 0.308. The highest BCUT2D eigenvalue weighted by atomic mass is 32.2. The SMILES string of the molecule is Cc1[nH]c(=O)sc1S(=O)(=O)NCC1Cc2ccccc2O1. The molecule has 1 aliphatic rings. The molecular formula is C13H14N2O4S2. The van der Waals surface area contributed by atoms with Crippen molar-refractivity contribution in [3.05, 3.63) is 45.2 Å². The normalized spacial score (nSPS) is 17.5. The number of fused-ring (bicyclic) bond motifs is 1. The van der Waals surface area contributed by atoms with E-state index in [-0.39, 0.29) is 21.7 Å². The third kappa shape index (κ3) is 2.87. The van der Waals surface area contributed by atoms with Crippen LogP contribution in [-0.2, 0) is 16.4 Å². The maximum atomic E-state index is 12.2. The number of hydrogen-bond acceptors (Lipinski definition) is 5. The van der Waals surface area contributed by atoms with Gasteiger partial charge >= 0.3 is 4.87 Å². The molecule has 0 saturated carbocycles. The second kappa shape index (κ2) is 5.28. The summed E-state index contributed by atoms with van der Waals surface area (Å²) in [6.07, 6.45) is 0.439. The Kier molecular flexibility index (Phi) is 3.60. The van der Waals surface area contributed by atoms with E-state index >= 15 is 0 Å². The highest BCUT2D eigenvalue weighted by molar-refractivity contribution is 7.91. The van der Waals surface area contributed by atoms with Crippen molar-refractivity contribution in [2.75, 3.05) is 6.54 Å². The van der Waals surface area contributed by atoms with Crippen LogP contribution in [-0.4, -0.2) is 26.1 Å². The quantitative estimate of drug-likeness (QED) is 0.878. The molecule has 2 heterocycles. The van der Waals surface area contributed by atoms with Crippen LogP contribution in [0, 0.1) is 6.92 Å². The van der Waals surface area contributed by atoms with Crippen LogP contribution in [0.2, 0.25) is 0 Å². The third-order valence-corrected chi connectivity index (χ3v) is 6.27. The van der Waals surface area contributed by atoms with Gasteiger partial charge in [0.2, 0.25) is 0 Å². The van der Waals surface area contributed by atoms with Gasteiger partial charge in [0.05, 0.1) is 0 Å². The Labute approximate surface area is 125 Å². The van der Waals surface area contributed by atoms with Gasteiger partial charge in [0.15, 0.2) is 4.21 Å². The fourth-order valence-corrected chi connectivity index (χ4v) is 4.69. The number of rotatable bonds is 4. The van der Waals surface area contributed by atoms with Crippen LogP contribution < -0.4 is 14.3 Å². The standard InChI is InChI=1S/C13H14N2O4S2/c1-8-12(20-13(16)15-8)21(17,18)14-7-10-6-9-4-2-3-5-11(9)19-10/h2-5,10,14H,6-7H2,1H3,(H,15,16). The lowest BCUT2D eigenvalue weighted by Crippen LogP contribution is -2.34. The number of ether oxygens (including phenoxy) is 1. The number of sulfonamides is 1. The average molecular weight is 326 g/mol. The number of H-pyrrole nitrogens is 1. The van der Waals surface area contributed by atoms with Gasteiger partial charge in [0.1, 0.15) is 11.9 Å². The van der Waals surface area contributed by atoms with E-state index in [9.17, 15) is 13.2 Å². The molecule has 0 radical (unpaired) electrons. The van der Waals surface area contributed by atoms with E-state index in [0.29, 0.717) is 23.5 Å². The molecule has 0 spiro atoms. The molecule has 112 valence electrons. The number of aromatic nitrogens is 1. The van der Waals surface area contributed by atoms with E-state index in [1.165, 1.54) is 0 Å². The van der Waals surface area contributed by atoms with E-state index in [1.807, 2.05) is 24.3 Å². The summed E-state index contributed by atoms with van der Waals surface area (Å²) in [7, 11) is -3.69. The zero-order valence-electron chi connectivity index (χ0n) is 11.3. The predicted molar refractivity (Wildman–Crippen MR) is 79.4 cm³/mol. The summed E-state index contributed by atoms with van der Waals surface area (Å²) in [5, 5.41) is 0. The molecule has 2 aromatic rings. The highest BCUT2D eigenvalue weighted by Crippen LogP contribution is 2.28. The molecular weight excluding hydrogens is 312 g/mol. The largest absolute Gasteiger partial charge is 0.488 e. The van der Waals surface area contributed by atoms with Crippen molar-refractivity contribution in [1.82, 2.24) is 9.71 Å². The van der Waals surface area contributed by atoms with Crippen molar-refractivity contribution in [3.8, 4) is 5.75 Å². The lowest BCUT2D eigenvalue weighted by Gasteiger charge is -2.11.